The summed E-state index contributed by atoms with van der Waals surface area (Å²) in [5.41, 5.74) is 6.54. The van der Waals surface area contributed by atoms with Crippen LogP contribution in [0.15, 0.2) is 24.3 Å². The van der Waals surface area contributed by atoms with Crippen molar-refractivity contribution in [1.82, 2.24) is 9.88 Å². The van der Waals surface area contributed by atoms with Crippen LogP contribution in [0.5, 0.6) is 0 Å². The number of nitrogens with zero attached hydrogens (tertiary/aromatic N) is 3. The van der Waals surface area contributed by atoms with E-state index in [1.54, 1.807) is 24.0 Å². The fourth-order valence-electron chi connectivity index (χ4n) is 2.49. The lowest BCUT2D eigenvalue weighted by Gasteiger charge is -2.17. The van der Waals surface area contributed by atoms with Crippen LogP contribution >= 0.6 is 11.3 Å². The molecule has 2 heterocycles. The van der Waals surface area contributed by atoms with Gasteiger partial charge >= 0.3 is 6.03 Å². The predicted octanol–water partition coefficient (Wildman–Crippen LogP) is 2.13. The molecule has 3 rings (SSSR count). The molecular formula is C15H15FN4O2S. The Morgan fingerprint density at radius 1 is 1.43 bits per heavy atom. The third kappa shape index (κ3) is 3.02. The summed E-state index contributed by atoms with van der Waals surface area (Å²) in [7, 11) is 0. The molecule has 1 aliphatic rings. The minimum atomic E-state index is -0.547. The number of halogens is 1. The fourth-order valence-corrected chi connectivity index (χ4v) is 3.43. The van der Waals surface area contributed by atoms with Gasteiger partial charge in [0.2, 0.25) is 0 Å². The van der Waals surface area contributed by atoms with Crippen molar-refractivity contribution in [3.63, 3.8) is 0 Å². The first kappa shape index (κ1) is 15.4. The summed E-state index contributed by atoms with van der Waals surface area (Å²) in [4.78, 5) is 31.6. The van der Waals surface area contributed by atoms with Gasteiger partial charge < -0.3 is 10.6 Å². The number of anilines is 1. The number of amides is 3. The maximum atomic E-state index is 13.2. The number of hydrogen-bond acceptors (Lipinski definition) is 4. The van der Waals surface area contributed by atoms with Crippen molar-refractivity contribution >= 4 is 28.4 Å². The van der Waals surface area contributed by atoms with Crippen LogP contribution in [0.2, 0.25) is 0 Å². The maximum Gasteiger partial charge on any atom is 0.326 e. The smallest absolute Gasteiger partial charge is 0.326 e. The van der Waals surface area contributed by atoms with Gasteiger partial charge in [-0.25, -0.2) is 14.2 Å². The molecule has 23 heavy (non-hydrogen) atoms. The van der Waals surface area contributed by atoms with E-state index in [2.05, 4.69) is 4.98 Å². The van der Waals surface area contributed by atoms with Crippen LogP contribution in [0, 0.1) is 12.7 Å². The van der Waals surface area contributed by atoms with Crippen LogP contribution in [0.4, 0.5) is 14.3 Å². The van der Waals surface area contributed by atoms with Crippen LogP contribution < -0.4 is 10.6 Å². The topological polar surface area (TPSA) is 79.5 Å². The molecule has 120 valence electrons. The predicted molar refractivity (Wildman–Crippen MR) is 84.9 cm³/mol. The second-order valence-electron chi connectivity index (χ2n) is 5.26. The minimum absolute atomic E-state index is 0.209. The second-order valence-corrected chi connectivity index (χ2v) is 6.24. The van der Waals surface area contributed by atoms with Crippen LogP contribution in [0.3, 0.4) is 0 Å². The maximum absolute atomic E-state index is 13.2. The molecule has 1 aliphatic heterocycles. The minimum Gasteiger partial charge on any atom is -0.365 e. The number of thiazole rings is 1. The zero-order valence-electron chi connectivity index (χ0n) is 12.5. The lowest BCUT2D eigenvalue weighted by Crippen LogP contribution is -2.31. The van der Waals surface area contributed by atoms with E-state index in [9.17, 15) is 14.0 Å². The van der Waals surface area contributed by atoms with Gasteiger partial charge in [-0.15, -0.1) is 0 Å². The summed E-state index contributed by atoms with van der Waals surface area (Å²) in [6.45, 7) is 3.00. The second kappa shape index (κ2) is 5.96. The normalized spacial score (nSPS) is 14.6. The lowest BCUT2D eigenvalue weighted by atomic mass is 10.2. The van der Waals surface area contributed by atoms with Gasteiger partial charge in [0.15, 0.2) is 5.13 Å². The molecule has 1 aromatic carbocycles. The number of hydrogen-bond donors (Lipinski definition) is 1. The molecule has 0 saturated carbocycles. The van der Waals surface area contributed by atoms with Gasteiger partial charge in [0.25, 0.3) is 5.91 Å². The molecule has 1 saturated heterocycles. The molecule has 0 radical (unpaired) electrons. The fraction of sp³-hybridized carbons (Fsp3) is 0.267. The van der Waals surface area contributed by atoms with Crippen molar-refractivity contribution in [2.24, 2.45) is 5.73 Å². The van der Waals surface area contributed by atoms with Crippen molar-refractivity contribution in [1.29, 1.82) is 0 Å². The highest BCUT2D eigenvalue weighted by atomic mass is 32.1. The summed E-state index contributed by atoms with van der Waals surface area (Å²) in [6.07, 6.45) is 0. The highest BCUT2D eigenvalue weighted by molar-refractivity contribution is 7.17. The van der Waals surface area contributed by atoms with E-state index >= 15 is 0 Å². The zero-order chi connectivity index (χ0) is 16.6. The summed E-state index contributed by atoms with van der Waals surface area (Å²) in [6, 6.07) is 5.96. The van der Waals surface area contributed by atoms with E-state index < -0.39 is 5.91 Å². The van der Waals surface area contributed by atoms with E-state index in [1.165, 1.54) is 17.0 Å². The molecule has 6 nitrogen and oxygen atoms in total. The van der Waals surface area contributed by atoms with Gasteiger partial charge in [-0.2, -0.15) is 0 Å². The summed E-state index contributed by atoms with van der Waals surface area (Å²) >= 11 is 1.11. The summed E-state index contributed by atoms with van der Waals surface area (Å²) in [5.74, 6) is -0.873. The van der Waals surface area contributed by atoms with Crippen molar-refractivity contribution in [3.8, 4) is 0 Å². The Hall–Kier alpha value is -2.48. The van der Waals surface area contributed by atoms with Crippen LogP contribution in [-0.4, -0.2) is 34.9 Å². The van der Waals surface area contributed by atoms with Gasteiger partial charge in [0.1, 0.15) is 10.7 Å². The molecule has 3 amide bonds. The van der Waals surface area contributed by atoms with Gasteiger partial charge in [0.05, 0.1) is 5.69 Å². The first-order valence-corrected chi connectivity index (χ1v) is 7.85. The Labute approximate surface area is 136 Å². The number of aryl methyl sites for hydroxylation is 1. The largest absolute Gasteiger partial charge is 0.365 e. The monoisotopic (exact) mass is 334 g/mol. The first-order chi connectivity index (χ1) is 11.0. The molecule has 0 unspecified atom stereocenters. The Morgan fingerprint density at radius 2 is 2.22 bits per heavy atom. The van der Waals surface area contributed by atoms with E-state index in [0.717, 1.165) is 16.9 Å². The van der Waals surface area contributed by atoms with Crippen LogP contribution in [0.1, 0.15) is 20.9 Å². The Bertz CT molecular complexity index is 777. The average molecular weight is 334 g/mol. The third-order valence-electron chi connectivity index (χ3n) is 3.60. The standard InChI is InChI=1S/C15H15FN4O2S/c1-9-12(13(17)21)23-14(18-9)20-6-5-19(15(20)22)8-10-3-2-4-11(16)7-10/h2-4,7H,5-6,8H2,1H3,(H2,17,21). The number of aromatic nitrogens is 1. The molecule has 0 spiro atoms. The highest BCUT2D eigenvalue weighted by Crippen LogP contribution is 2.29. The molecule has 2 N–H and O–H groups in total. The number of urea groups is 1. The lowest BCUT2D eigenvalue weighted by molar-refractivity contribution is 0.100. The van der Waals surface area contributed by atoms with Crippen LogP contribution in [0.25, 0.3) is 0 Å². The SMILES string of the molecule is Cc1nc(N2CCN(Cc3cccc(F)c3)C2=O)sc1C(N)=O. The number of carbonyl (C=O) groups is 2. The zero-order valence-corrected chi connectivity index (χ0v) is 13.3. The van der Waals surface area contributed by atoms with Crippen molar-refractivity contribution < 1.29 is 14.0 Å². The Balaban J connectivity index is 1.76. The number of rotatable bonds is 4. The number of nitrogens with two attached hydrogens (primary N) is 1. The van der Waals surface area contributed by atoms with E-state index in [1.807, 2.05) is 0 Å². The van der Waals surface area contributed by atoms with E-state index in [4.69, 9.17) is 5.73 Å². The molecule has 1 fully saturated rings. The Morgan fingerprint density at radius 3 is 2.87 bits per heavy atom. The highest BCUT2D eigenvalue weighted by Gasteiger charge is 2.32. The van der Waals surface area contributed by atoms with Crippen LogP contribution in [-0.2, 0) is 6.54 Å². The van der Waals surface area contributed by atoms with Gasteiger partial charge in [-0.05, 0) is 24.6 Å². The van der Waals surface area contributed by atoms with E-state index in [-0.39, 0.29) is 11.8 Å². The van der Waals surface area contributed by atoms with Crippen molar-refractivity contribution in [2.45, 2.75) is 13.5 Å². The molecule has 2 aromatic rings. The number of carbonyl (C=O) groups excluding carboxylic acids is 2. The average Bonchev–Trinajstić information content (AvgIpc) is 3.03. The van der Waals surface area contributed by atoms with E-state index in [0.29, 0.717) is 35.3 Å². The number of primary amides is 1. The quantitative estimate of drug-likeness (QED) is 0.930. The number of benzene rings is 1. The molecular weight excluding hydrogens is 319 g/mol. The molecule has 0 aliphatic carbocycles. The van der Waals surface area contributed by atoms with Gasteiger partial charge in [-0.3, -0.25) is 9.69 Å². The van der Waals surface area contributed by atoms with Crippen molar-refractivity contribution in [3.05, 3.63) is 46.2 Å². The van der Waals surface area contributed by atoms with Gasteiger partial charge in [-0.1, -0.05) is 23.5 Å². The molecule has 0 atom stereocenters. The molecule has 8 heteroatoms. The molecule has 0 bridgehead atoms. The van der Waals surface area contributed by atoms with Gasteiger partial charge in [0, 0.05) is 19.6 Å². The summed E-state index contributed by atoms with van der Waals surface area (Å²) in [5, 5.41) is 0.461. The molecule has 1 aromatic heterocycles. The third-order valence-corrected chi connectivity index (χ3v) is 4.79. The first-order valence-electron chi connectivity index (χ1n) is 7.04. The summed E-state index contributed by atoms with van der Waals surface area (Å²) < 4.78 is 13.2. The Kier molecular flexibility index (Phi) is 3.99. The van der Waals surface area contributed by atoms with Crippen molar-refractivity contribution in [2.75, 3.05) is 18.0 Å².